The van der Waals surface area contributed by atoms with Crippen molar-refractivity contribution in [3.8, 4) is 5.69 Å². The fourth-order valence-electron chi connectivity index (χ4n) is 1.91. The van der Waals surface area contributed by atoms with Crippen LogP contribution in [-0.4, -0.2) is 26.8 Å². The highest BCUT2D eigenvalue weighted by Crippen LogP contribution is 2.18. The second kappa shape index (κ2) is 5.62. The van der Waals surface area contributed by atoms with Gasteiger partial charge in [-0.15, -0.1) is 0 Å². The molecule has 6 heteroatoms. The lowest BCUT2D eigenvalue weighted by molar-refractivity contribution is 0.0696. The number of allylic oxidation sites excluding steroid dienone is 1. The van der Waals surface area contributed by atoms with Gasteiger partial charge in [0.05, 0.1) is 17.6 Å². The van der Waals surface area contributed by atoms with Crippen LogP contribution in [0.5, 0.6) is 0 Å². The summed E-state index contributed by atoms with van der Waals surface area (Å²) in [7, 11) is 0. The zero-order valence-corrected chi connectivity index (χ0v) is 11.7. The Bertz CT molecular complexity index is 723. The summed E-state index contributed by atoms with van der Waals surface area (Å²) in [4.78, 5) is 22.3. The highest BCUT2D eigenvalue weighted by Gasteiger charge is 2.16. The van der Waals surface area contributed by atoms with Crippen LogP contribution in [0, 0.1) is 0 Å². The molecule has 0 unspecified atom stereocenters. The van der Waals surface area contributed by atoms with Gasteiger partial charge in [-0.2, -0.15) is 5.10 Å². The van der Waals surface area contributed by atoms with Crippen molar-refractivity contribution >= 4 is 18.0 Å². The van der Waals surface area contributed by atoms with E-state index in [1.807, 2.05) is 13.8 Å². The Morgan fingerprint density at radius 2 is 1.86 bits per heavy atom. The molecular weight excluding hydrogens is 270 g/mol. The fraction of sp³-hybridized carbons (Fsp3) is 0.133. The quantitative estimate of drug-likeness (QED) is 0.898. The number of carboxylic acids is 1. The van der Waals surface area contributed by atoms with Crippen molar-refractivity contribution in [2.75, 3.05) is 0 Å². The van der Waals surface area contributed by atoms with E-state index >= 15 is 0 Å². The van der Waals surface area contributed by atoms with Crippen LogP contribution in [0.2, 0.25) is 0 Å². The molecule has 2 rings (SSSR count). The molecule has 1 aromatic heterocycles. The molecule has 21 heavy (non-hydrogen) atoms. The van der Waals surface area contributed by atoms with Crippen LogP contribution in [0.15, 0.2) is 36.0 Å². The molecule has 1 heterocycles. The number of benzene rings is 1. The summed E-state index contributed by atoms with van der Waals surface area (Å²) in [5.74, 6) is -1.56. The van der Waals surface area contributed by atoms with Gasteiger partial charge in [0.2, 0.25) is 5.91 Å². The normalized spacial score (nSPS) is 10.2. The van der Waals surface area contributed by atoms with E-state index in [9.17, 15) is 14.7 Å². The predicted molar refractivity (Wildman–Crippen MR) is 78.4 cm³/mol. The number of aromatic carboxylic acids is 1. The molecule has 0 aliphatic rings. The summed E-state index contributed by atoms with van der Waals surface area (Å²) in [5.41, 5.74) is 7.78. The minimum absolute atomic E-state index is 0.121. The molecule has 0 saturated carbocycles. The fourth-order valence-corrected chi connectivity index (χ4v) is 1.91. The SMILES string of the molecule is CC(C)=Cc1c(C(=O)O)cnn1-c1ccc(C(N)=O)cc1. The Kier molecular flexibility index (Phi) is 3.89. The summed E-state index contributed by atoms with van der Waals surface area (Å²) in [6.07, 6.45) is 3.05. The van der Waals surface area contributed by atoms with Gasteiger partial charge in [0.1, 0.15) is 5.56 Å². The molecule has 1 aromatic carbocycles. The van der Waals surface area contributed by atoms with Crippen molar-refractivity contribution in [2.45, 2.75) is 13.8 Å². The standard InChI is InChI=1S/C15H15N3O3/c1-9(2)7-13-12(15(20)21)8-17-18(13)11-5-3-10(4-6-11)14(16)19/h3-8H,1-2H3,(H2,16,19)(H,20,21). The van der Waals surface area contributed by atoms with Crippen LogP contribution in [0.4, 0.5) is 0 Å². The van der Waals surface area contributed by atoms with Crippen LogP contribution in [-0.2, 0) is 0 Å². The zero-order valence-electron chi connectivity index (χ0n) is 11.7. The summed E-state index contributed by atoms with van der Waals surface area (Å²) < 4.78 is 1.52. The molecule has 0 bridgehead atoms. The van der Waals surface area contributed by atoms with Crippen molar-refractivity contribution in [3.05, 3.63) is 52.9 Å². The van der Waals surface area contributed by atoms with E-state index in [-0.39, 0.29) is 5.56 Å². The van der Waals surface area contributed by atoms with Crippen LogP contribution < -0.4 is 5.73 Å². The molecule has 0 atom stereocenters. The van der Waals surface area contributed by atoms with E-state index < -0.39 is 11.9 Å². The topological polar surface area (TPSA) is 98.2 Å². The summed E-state index contributed by atoms with van der Waals surface area (Å²) >= 11 is 0. The Morgan fingerprint density at radius 1 is 1.24 bits per heavy atom. The van der Waals surface area contributed by atoms with Crippen molar-refractivity contribution in [1.82, 2.24) is 9.78 Å². The monoisotopic (exact) mass is 285 g/mol. The minimum atomic E-state index is -1.04. The van der Waals surface area contributed by atoms with E-state index in [1.165, 1.54) is 10.9 Å². The highest BCUT2D eigenvalue weighted by atomic mass is 16.4. The number of carbonyl (C=O) groups is 2. The average Bonchev–Trinajstić information content (AvgIpc) is 2.81. The molecule has 1 amide bonds. The van der Waals surface area contributed by atoms with E-state index in [2.05, 4.69) is 5.10 Å². The summed E-state index contributed by atoms with van der Waals surface area (Å²) in [6.45, 7) is 3.75. The van der Waals surface area contributed by atoms with Gasteiger partial charge in [-0.05, 0) is 44.2 Å². The number of carboxylic acid groups (broad SMARTS) is 1. The van der Waals surface area contributed by atoms with Gasteiger partial charge in [0.15, 0.2) is 0 Å². The molecule has 6 nitrogen and oxygen atoms in total. The first-order chi connectivity index (χ1) is 9.90. The van der Waals surface area contributed by atoms with E-state index in [1.54, 1.807) is 30.3 Å². The Morgan fingerprint density at radius 3 is 2.33 bits per heavy atom. The number of carbonyl (C=O) groups excluding carboxylic acids is 1. The molecular formula is C15H15N3O3. The van der Waals surface area contributed by atoms with Gasteiger partial charge >= 0.3 is 5.97 Å². The van der Waals surface area contributed by atoms with Crippen LogP contribution in [0.25, 0.3) is 11.8 Å². The van der Waals surface area contributed by atoms with Gasteiger partial charge in [0.25, 0.3) is 0 Å². The number of hydrogen-bond donors (Lipinski definition) is 2. The molecule has 0 aliphatic carbocycles. The van der Waals surface area contributed by atoms with E-state index in [0.717, 1.165) is 5.57 Å². The van der Waals surface area contributed by atoms with Crippen molar-refractivity contribution in [2.24, 2.45) is 5.73 Å². The maximum Gasteiger partial charge on any atom is 0.339 e. The van der Waals surface area contributed by atoms with Gasteiger partial charge < -0.3 is 10.8 Å². The average molecular weight is 285 g/mol. The van der Waals surface area contributed by atoms with E-state index in [4.69, 9.17) is 5.73 Å². The number of aromatic nitrogens is 2. The molecule has 0 radical (unpaired) electrons. The number of rotatable bonds is 4. The van der Waals surface area contributed by atoms with Gasteiger partial charge in [-0.1, -0.05) is 5.57 Å². The number of primary amides is 1. The molecule has 3 N–H and O–H groups in total. The smallest absolute Gasteiger partial charge is 0.339 e. The maximum absolute atomic E-state index is 11.2. The molecule has 0 saturated heterocycles. The van der Waals surface area contributed by atoms with Crippen molar-refractivity contribution < 1.29 is 14.7 Å². The molecule has 2 aromatic rings. The van der Waals surface area contributed by atoms with E-state index in [0.29, 0.717) is 16.9 Å². The summed E-state index contributed by atoms with van der Waals surface area (Å²) in [5, 5.41) is 13.3. The lowest BCUT2D eigenvalue weighted by atomic mass is 10.1. The second-order valence-electron chi connectivity index (χ2n) is 4.79. The Hall–Kier alpha value is -2.89. The zero-order chi connectivity index (χ0) is 15.6. The van der Waals surface area contributed by atoms with Crippen LogP contribution >= 0.6 is 0 Å². The third kappa shape index (κ3) is 3.00. The second-order valence-corrected chi connectivity index (χ2v) is 4.79. The maximum atomic E-state index is 11.2. The molecule has 0 fully saturated rings. The third-order valence-electron chi connectivity index (χ3n) is 2.86. The largest absolute Gasteiger partial charge is 0.478 e. The lowest BCUT2D eigenvalue weighted by Crippen LogP contribution is -2.11. The number of amides is 1. The van der Waals surface area contributed by atoms with Crippen LogP contribution in [0.3, 0.4) is 0 Å². The van der Waals surface area contributed by atoms with Gasteiger partial charge in [-0.3, -0.25) is 4.79 Å². The first-order valence-corrected chi connectivity index (χ1v) is 6.26. The Balaban J connectivity index is 2.55. The lowest BCUT2D eigenvalue weighted by Gasteiger charge is -2.06. The highest BCUT2D eigenvalue weighted by molar-refractivity contribution is 5.93. The predicted octanol–water partition coefficient (Wildman–Crippen LogP) is 2.09. The summed E-state index contributed by atoms with van der Waals surface area (Å²) in [6, 6.07) is 6.49. The minimum Gasteiger partial charge on any atom is -0.478 e. The first-order valence-electron chi connectivity index (χ1n) is 6.26. The molecule has 0 aliphatic heterocycles. The molecule has 108 valence electrons. The number of hydrogen-bond acceptors (Lipinski definition) is 3. The van der Waals surface area contributed by atoms with Crippen molar-refractivity contribution in [1.29, 1.82) is 0 Å². The van der Waals surface area contributed by atoms with Crippen molar-refractivity contribution in [3.63, 3.8) is 0 Å². The Labute approximate surface area is 121 Å². The van der Waals surface area contributed by atoms with Gasteiger partial charge in [-0.25, -0.2) is 9.48 Å². The number of nitrogens with two attached hydrogens (primary N) is 1. The number of nitrogens with zero attached hydrogens (tertiary/aromatic N) is 2. The van der Waals surface area contributed by atoms with Gasteiger partial charge in [0, 0.05) is 5.56 Å². The third-order valence-corrected chi connectivity index (χ3v) is 2.86. The first kappa shape index (κ1) is 14.5. The molecule has 0 spiro atoms. The van der Waals surface area contributed by atoms with Crippen LogP contribution in [0.1, 0.15) is 40.3 Å².